The third-order valence-electron chi connectivity index (χ3n) is 3.58. The van der Waals surface area contributed by atoms with Crippen LogP contribution in [0, 0.1) is 5.41 Å². The van der Waals surface area contributed by atoms with Crippen LogP contribution in [-0.2, 0) is 0 Å². The lowest BCUT2D eigenvalue weighted by Crippen LogP contribution is -2.46. The molecule has 0 aliphatic carbocycles. The summed E-state index contributed by atoms with van der Waals surface area (Å²) in [6.07, 6.45) is 0. The Morgan fingerprint density at radius 3 is 2.13 bits per heavy atom. The minimum Gasteiger partial charge on any atom is -0.352 e. The molecule has 1 saturated heterocycles. The number of nitrogens with one attached hydrogen (secondary N) is 2. The lowest BCUT2D eigenvalue weighted by atomic mass is 9.97. The molecule has 0 aromatic heterocycles. The smallest absolute Gasteiger partial charge is 0.253 e. The zero-order chi connectivity index (χ0) is 16.2. The average Bonchev–Trinajstić information content (AvgIpc) is 2.52. The minimum atomic E-state index is -0.101. The Labute approximate surface area is 144 Å². The molecule has 23 heavy (non-hydrogen) atoms. The van der Waals surface area contributed by atoms with Gasteiger partial charge in [-0.15, -0.1) is 12.4 Å². The largest absolute Gasteiger partial charge is 0.352 e. The first-order valence-corrected chi connectivity index (χ1v) is 7.75. The molecule has 2 rings (SSSR count). The molecule has 0 saturated carbocycles. The predicted molar refractivity (Wildman–Crippen MR) is 94.3 cm³/mol. The van der Waals surface area contributed by atoms with Gasteiger partial charge in [-0.25, -0.2) is 0 Å². The van der Waals surface area contributed by atoms with Crippen molar-refractivity contribution in [1.82, 2.24) is 15.5 Å². The number of rotatable bonds is 3. The number of hydrogen-bond donors (Lipinski definition) is 2. The SMILES string of the molecule is CC(C)(C)CNC(=O)c1ccc(C(=O)N2CCNCC2)cc1.Cl. The zero-order valence-corrected chi connectivity index (χ0v) is 14.8. The zero-order valence-electron chi connectivity index (χ0n) is 14.0. The first-order chi connectivity index (χ1) is 10.4. The van der Waals surface area contributed by atoms with Crippen LogP contribution in [0.4, 0.5) is 0 Å². The van der Waals surface area contributed by atoms with Gasteiger partial charge in [-0.3, -0.25) is 9.59 Å². The van der Waals surface area contributed by atoms with Gasteiger partial charge in [-0.1, -0.05) is 20.8 Å². The van der Waals surface area contributed by atoms with Gasteiger partial charge in [0.25, 0.3) is 11.8 Å². The van der Waals surface area contributed by atoms with Gasteiger partial charge in [0.1, 0.15) is 0 Å². The lowest BCUT2D eigenvalue weighted by molar-refractivity contribution is 0.0735. The van der Waals surface area contributed by atoms with E-state index in [1.54, 1.807) is 24.3 Å². The van der Waals surface area contributed by atoms with Gasteiger partial charge in [0.2, 0.25) is 0 Å². The molecule has 1 heterocycles. The van der Waals surface area contributed by atoms with Gasteiger partial charge < -0.3 is 15.5 Å². The third kappa shape index (κ3) is 5.84. The molecule has 5 nitrogen and oxygen atoms in total. The Morgan fingerprint density at radius 2 is 1.61 bits per heavy atom. The topological polar surface area (TPSA) is 61.4 Å². The molecule has 0 spiro atoms. The molecule has 0 atom stereocenters. The molecule has 0 unspecified atom stereocenters. The van der Waals surface area contributed by atoms with Crippen LogP contribution < -0.4 is 10.6 Å². The fourth-order valence-corrected chi connectivity index (χ4v) is 2.26. The van der Waals surface area contributed by atoms with Crippen LogP contribution in [0.3, 0.4) is 0 Å². The molecule has 1 aromatic rings. The minimum absolute atomic E-state index is 0. The summed E-state index contributed by atoms with van der Waals surface area (Å²) in [4.78, 5) is 26.2. The Kier molecular flexibility index (Phi) is 7.03. The molecule has 2 amide bonds. The van der Waals surface area contributed by atoms with Gasteiger partial charge in [0.05, 0.1) is 0 Å². The van der Waals surface area contributed by atoms with Crippen molar-refractivity contribution in [2.75, 3.05) is 32.7 Å². The number of carbonyl (C=O) groups excluding carboxylic acids is 2. The maximum atomic E-state index is 12.3. The summed E-state index contributed by atoms with van der Waals surface area (Å²) in [5.74, 6) is -0.0701. The van der Waals surface area contributed by atoms with Crippen molar-refractivity contribution < 1.29 is 9.59 Å². The Morgan fingerprint density at radius 1 is 1.09 bits per heavy atom. The second-order valence-electron chi connectivity index (χ2n) is 6.86. The number of amides is 2. The molecule has 0 radical (unpaired) electrons. The summed E-state index contributed by atoms with van der Waals surface area (Å²) in [5, 5.41) is 6.13. The van der Waals surface area contributed by atoms with Crippen molar-refractivity contribution in [3.8, 4) is 0 Å². The average molecular weight is 340 g/mol. The van der Waals surface area contributed by atoms with Crippen LogP contribution in [0.2, 0.25) is 0 Å². The first-order valence-electron chi connectivity index (χ1n) is 7.75. The number of piperazine rings is 1. The normalized spacial score (nSPS) is 14.8. The van der Waals surface area contributed by atoms with Gasteiger partial charge in [-0.2, -0.15) is 0 Å². The quantitative estimate of drug-likeness (QED) is 0.884. The van der Waals surface area contributed by atoms with Gasteiger partial charge in [0, 0.05) is 43.9 Å². The van der Waals surface area contributed by atoms with Gasteiger partial charge in [0.15, 0.2) is 0 Å². The maximum absolute atomic E-state index is 12.3. The van der Waals surface area contributed by atoms with E-state index in [-0.39, 0.29) is 29.6 Å². The fourth-order valence-electron chi connectivity index (χ4n) is 2.26. The van der Waals surface area contributed by atoms with E-state index in [9.17, 15) is 9.59 Å². The van der Waals surface area contributed by atoms with Crippen LogP contribution in [0.1, 0.15) is 41.5 Å². The number of benzene rings is 1. The van der Waals surface area contributed by atoms with Gasteiger partial charge in [-0.05, 0) is 29.7 Å². The van der Waals surface area contributed by atoms with Crippen molar-refractivity contribution in [2.45, 2.75) is 20.8 Å². The molecule has 1 aromatic carbocycles. The van der Waals surface area contributed by atoms with E-state index in [4.69, 9.17) is 0 Å². The number of nitrogens with zero attached hydrogens (tertiary/aromatic N) is 1. The summed E-state index contributed by atoms with van der Waals surface area (Å²) in [6, 6.07) is 6.90. The molecule has 2 N–H and O–H groups in total. The van der Waals surface area contributed by atoms with E-state index in [2.05, 4.69) is 31.4 Å². The monoisotopic (exact) mass is 339 g/mol. The Bertz CT molecular complexity index is 532. The number of hydrogen-bond acceptors (Lipinski definition) is 3. The summed E-state index contributed by atoms with van der Waals surface area (Å²) in [6.45, 7) is 9.96. The molecule has 0 bridgehead atoms. The van der Waals surface area contributed by atoms with Gasteiger partial charge >= 0.3 is 0 Å². The summed E-state index contributed by atoms with van der Waals surface area (Å²) >= 11 is 0. The highest BCUT2D eigenvalue weighted by Gasteiger charge is 2.18. The first kappa shape index (κ1) is 19.5. The molecule has 1 aliphatic rings. The fraction of sp³-hybridized carbons (Fsp3) is 0.529. The van der Waals surface area contributed by atoms with E-state index in [0.717, 1.165) is 26.2 Å². The maximum Gasteiger partial charge on any atom is 0.253 e. The van der Waals surface area contributed by atoms with E-state index < -0.39 is 0 Å². The summed E-state index contributed by atoms with van der Waals surface area (Å²) in [5.41, 5.74) is 1.27. The highest BCUT2D eigenvalue weighted by atomic mass is 35.5. The van der Waals surface area contributed by atoms with Crippen LogP contribution in [0.15, 0.2) is 24.3 Å². The van der Waals surface area contributed by atoms with Crippen LogP contribution in [0.25, 0.3) is 0 Å². The van der Waals surface area contributed by atoms with Crippen molar-refractivity contribution in [2.24, 2.45) is 5.41 Å². The molecule has 1 aliphatic heterocycles. The molecular formula is C17H26ClN3O2. The van der Waals surface area contributed by atoms with E-state index in [1.165, 1.54) is 0 Å². The lowest BCUT2D eigenvalue weighted by Gasteiger charge is -2.27. The van der Waals surface area contributed by atoms with Crippen LogP contribution in [0.5, 0.6) is 0 Å². The predicted octanol–water partition coefficient (Wildman–Crippen LogP) is 1.93. The van der Waals surface area contributed by atoms with E-state index in [1.807, 2.05) is 4.90 Å². The summed E-state index contributed by atoms with van der Waals surface area (Å²) < 4.78 is 0. The highest BCUT2D eigenvalue weighted by Crippen LogP contribution is 2.12. The third-order valence-corrected chi connectivity index (χ3v) is 3.58. The van der Waals surface area contributed by atoms with Crippen molar-refractivity contribution in [1.29, 1.82) is 0 Å². The molecular weight excluding hydrogens is 314 g/mol. The second-order valence-corrected chi connectivity index (χ2v) is 6.86. The standard InChI is InChI=1S/C17H25N3O2.ClH/c1-17(2,3)12-19-15(21)13-4-6-14(7-5-13)16(22)20-10-8-18-9-11-20;/h4-7,18H,8-12H2,1-3H3,(H,19,21);1H. The second kappa shape index (κ2) is 8.31. The van der Waals surface area contributed by atoms with E-state index in [0.29, 0.717) is 17.7 Å². The highest BCUT2D eigenvalue weighted by molar-refractivity contribution is 5.97. The van der Waals surface area contributed by atoms with Crippen LogP contribution >= 0.6 is 12.4 Å². The van der Waals surface area contributed by atoms with E-state index >= 15 is 0 Å². The van der Waals surface area contributed by atoms with Crippen LogP contribution in [-0.4, -0.2) is 49.4 Å². The number of carbonyl (C=O) groups is 2. The summed E-state index contributed by atoms with van der Waals surface area (Å²) in [7, 11) is 0. The Hall–Kier alpha value is -1.59. The Balaban J connectivity index is 0.00000264. The van der Waals surface area contributed by atoms with Crippen molar-refractivity contribution in [3.05, 3.63) is 35.4 Å². The molecule has 1 fully saturated rings. The van der Waals surface area contributed by atoms with Crippen molar-refractivity contribution >= 4 is 24.2 Å². The number of halogens is 1. The molecule has 6 heteroatoms. The molecule has 128 valence electrons. The van der Waals surface area contributed by atoms with Crippen molar-refractivity contribution in [3.63, 3.8) is 0 Å².